The first kappa shape index (κ1) is 33.5. The van der Waals surface area contributed by atoms with E-state index in [1.165, 1.54) is 4.90 Å². The zero-order valence-electron chi connectivity index (χ0n) is 27.1. The Balaban J connectivity index is 1.48. The van der Waals surface area contributed by atoms with E-state index in [-0.39, 0.29) is 36.1 Å². The van der Waals surface area contributed by atoms with Gasteiger partial charge in [0.2, 0.25) is 17.6 Å². The van der Waals surface area contributed by atoms with Gasteiger partial charge in [0.1, 0.15) is 12.1 Å². The minimum Gasteiger partial charge on any atom is -0.449 e. The molecule has 2 saturated heterocycles. The van der Waals surface area contributed by atoms with Gasteiger partial charge in [-0.25, -0.2) is 9.59 Å². The van der Waals surface area contributed by atoms with Crippen LogP contribution in [0.15, 0.2) is 0 Å². The number of piperidine rings is 1. The van der Waals surface area contributed by atoms with Gasteiger partial charge in [-0.3, -0.25) is 19.2 Å². The van der Waals surface area contributed by atoms with Gasteiger partial charge in [0.05, 0.1) is 18.7 Å². The number of rotatable bonds is 11. The molecule has 246 valence electrons. The van der Waals surface area contributed by atoms with E-state index in [4.69, 9.17) is 10.5 Å². The third kappa shape index (κ3) is 7.63. The fraction of sp³-hybridized carbons (Fsp3) is 0.806. The molecule has 0 aromatic heterocycles. The lowest BCUT2D eigenvalue weighted by atomic mass is 9.85. The Morgan fingerprint density at radius 1 is 1.00 bits per heavy atom. The third-order valence-corrected chi connectivity index (χ3v) is 9.64. The van der Waals surface area contributed by atoms with Crippen LogP contribution in [0.3, 0.4) is 0 Å². The largest absolute Gasteiger partial charge is 0.449 e. The number of carbonyl (C=O) groups is 6. The molecular weight excluding hydrogens is 568 g/mol. The Morgan fingerprint density at radius 2 is 1.66 bits per heavy atom. The zero-order valence-corrected chi connectivity index (χ0v) is 27.1. The summed E-state index contributed by atoms with van der Waals surface area (Å²) >= 11 is 0. The SMILES string of the molecule is CC1[C@H]2[C@@H]1CN(C(=O)[C@@H](NC(=O)N[C@H](CN1CCCOC1=O)C(C)(C)C)C(C)(C)C)[C@@H]2C(=O)NC(CC1CC1)C(=O)C(N)=O. The fourth-order valence-electron chi connectivity index (χ4n) is 6.49. The standard InChI is InChI=1S/C31H50N6O7/c1-16-18-14-37(22(21(16)18)26(40)33-19(13-17-9-10-17)23(38)25(32)39)27(41)24(31(5,6)7)35-28(42)34-20(30(2,3)4)15-36-11-8-12-44-29(36)43/h16-22,24H,8-15H2,1-7H3,(H2,32,39)(H,33,40)(H2,34,35,42)/t16?,18-,19?,20-,21+,22+,24-/m1/s1. The quantitative estimate of drug-likeness (QED) is 0.253. The summed E-state index contributed by atoms with van der Waals surface area (Å²) in [5.74, 6) is -2.27. The van der Waals surface area contributed by atoms with Crippen LogP contribution in [0.2, 0.25) is 0 Å². The van der Waals surface area contributed by atoms with Crippen LogP contribution in [0.5, 0.6) is 0 Å². The predicted octanol–water partition coefficient (Wildman–Crippen LogP) is 1.39. The second kappa shape index (κ2) is 12.5. The first-order valence-corrected chi connectivity index (χ1v) is 15.8. The van der Waals surface area contributed by atoms with Crippen molar-refractivity contribution in [3.63, 3.8) is 0 Å². The van der Waals surface area contributed by atoms with Gasteiger partial charge in [-0.2, -0.15) is 0 Å². The Kier molecular flexibility index (Phi) is 9.56. The molecule has 2 heterocycles. The highest BCUT2D eigenvalue weighted by atomic mass is 16.6. The van der Waals surface area contributed by atoms with Crippen LogP contribution in [0, 0.1) is 34.5 Å². The number of ether oxygens (including phenoxy) is 1. The minimum atomic E-state index is -1.10. The average molecular weight is 619 g/mol. The number of cyclic esters (lactones) is 1. The molecule has 0 aromatic carbocycles. The highest BCUT2D eigenvalue weighted by molar-refractivity contribution is 6.37. The molecule has 13 heteroatoms. The van der Waals surface area contributed by atoms with E-state index in [0.29, 0.717) is 32.5 Å². The smallest absolute Gasteiger partial charge is 0.409 e. The third-order valence-electron chi connectivity index (χ3n) is 9.64. The Bertz CT molecular complexity index is 1170. The van der Waals surface area contributed by atoms with Crippen molar-refractivity contribution in [3.05, 3.63) is 0 Å². The van der Waals surface area contributed by atoms with Crippen LogP contribution < -0.4 is 21.7 Å². The van der Waals surface area contributed by atoms with E-state index >= 15 is 0 Å². The van der Waals surface area contributed by atoms with Crippen LogP contribution >= 0.6 is 0 Å². The number of amides is 6. The number of nitrogens with one attached hydrogen (secondary N) is 3. The number of urea groups is 1. The molecule has 0 spiro atoms. The Morgan fingerprint density at radius 3 is 2.20 bits per heavy atom. The van der Waals surface area contributed by atoms with E-state index in [1.54, 1.807) is 4.90 Å². The van der Waals surface area contributed by atoms with Crippen LogP contribution in [-0.4, -0.2) is 95.8 Å². The molecule has 0 radical (unpaired) electrons. The predicted molar refractivity (Wildman–Crippen MR) is 161 cm³/mol. The van der Waals surface area contributed by atoms with Gasteiger partial charge in [0.15, 0.2) is 0 Å². The maximum Gasteiger partial charge on any atom is 0.409 e. The molecule has 4 aliphatic rings. The van der Waals surface area contributed by atoms with E-state index in [1.807, 2.05) is 48.5 Å². The van der Waals surface area contributed by atoms with Crippen LogP contribution in [0.25, 0.3) is 0 Å². The number of hydrogen-bond donors (Lipinski definition) is 4. The number of nitrogens with two attached hydrogens (primary N) is 1. The van der Waals surface area contributed by atoms with Gasteiger partial charge in [0, 0.05) is 19.6 Å². The number of hydrogen-bond acceptors (Lipinski definition) is 7. The van der Waals surface area contributed by atoms with Gasteiger partial charge in [-0.05, 0) is 47.3 Å². The van der Waals surface area contributed by atoms with Crippen molar-refractivity contribution >= 4 is 35.6 Å². The summed E-state index contributed by atoms with van der Waals surface area (Å²) in [5.41, 5.74) is 4.15. The van der Waals surface area contributed by atoms with Gasteiger partial charge in [0.25, 0.3) is 5.91 Å². The highest BCUT2D eigenvalue weighted by Crippen LogP contribution is 2.55. The molecule has 2 unspecified atom stereocenters. The maximum absolute atomic E-state index is 14.2. The number of primary amides is 1. The van der Waals surface area contributed by atoms with Crippen molar-refractivity contribution in [1.29, 1.82) is 0 Å². The van der Waals surface area contributed by atoms with Crippen LogP contribution in [0.4, 0.5) is 9.59 Å². The molecule has 7 atom stereocenters. The van der Waals surface area contributed by atoms with Gasteiger partial charge < -0.3 is 36.2 Å². The number of likely N-dealkylation sites (tertiary alicyclic amines) is 1. The summed E-state index contributed by atoms with van der Waals surface area (Å²) < 4.78 is 5.16. The zero-order chi connectivity index (χ0) is 32.7. The van der Waals surface area contributed by atoms with E-state index in [0.717, 1.165) is 12.8 Å². The summed E-state index contributed by atoms with van der Waals surface area (Å²) in [6.45, 7) is 14.9. The summed E-state index contributed by atoms with van der Waals surface area (Å²) in [6, 6.07) is -3.81. The number of carbonyl (C=O) groups excluding carboxylic acids is 6. The molecule has 2 aliphatic heterocycles. The van der Waals surface area contributed by atoms with Gasteiger partial charge >= 0.3 is 12.1 Å². The monoisotopic (exact) mass is 618 g/mol. The van der Waals surface area contributed by atoms with Crippen molar-refractivity contribution in [2.45, 2.75) is 98.3 Å². The van der Waals surface area contributed by atoms with Gasteiger partial charge in [-0.15, -0.1) is 0 Å². The van der Waals surface area contributed by atoms with E-state index < -0.39 is 64.7 Å². The molecule has 13 nitrogen and oxygen atoms in total. The first-order chi connectivity index (χ1) is 20.4. The fourth-order valence-corrected chi connectivity index (χ4v) is 6.49. The first-order valence-electron chi connectivity index (χ1n) is 15.8. The molecule has 2 aliphatic carbocycles. The average Bonchev–Trinajstić information content (AvgIpc) is 3.81. The van der Waals surface area contributed by atoms with Crippen molar-refractivity contribution < 1.29 is 33.5 Å². The van der Waals surface area contributed by atoms with Crippen molar-refractivity contribution in [3.8, 4) is 0 Å². The van der Waals surface area contributed by atoms with Crippen molar-refractivity contribution in [2.24, 2.45) is 40.2 Å². The van der Waals surface area contributed by atoms with Crippen molar-refractivity contribution in [1.82, 2.24) is 25.8 Å². The van der Waals surface area contributed by atoms with Crippen LogP contribution in [-0.2, 0) is 23.9 Å². The van der Waals surface area contributed by atoms with E-state index in [2.05, 4.69) is 16.0 Å². The second-order valence-corrected chi connectivity index (χ2v) is 15.3. The topological polar surface area (TPSA) is 180 Å². The van der Waals surface area contributed by atoms with Crippen molar-refractivity contribution in [2.75, 3.05) is 26.2 Å². The maximum atomic E-state index is 14.2. The molecule has 0 bridgehead atoms. The highest BCUT2D eigenvalue weighted by Gasteiger charge is 2.63. The van der Waals surface area contributed by atoms with Crippen LogP contribution in [0.1, 0.15) is 74.1 Å². The molecule has 44 heavy (non-hydrogen) atoms. The lowest BCUT2D eigenvalue weighted by Gasteiger charge is -2.39. The minimum absolute atomic E-state index is 0.0757. The molecule has 5 N–H and O–H groups in total. The number of fused-ring (bicyclic) bond motifs is 1. The summed E-state index contributed by atoms with van der Waals surface area (Å²) in [6.07, 6.45) is 2.48. The number of nitrogens with zero attached hydrogens (tertiary/aromatic N) is 2. The molecule has 0 aromatic rings. The summed E-state index contributed by atoms with van der Waals surface area (Å²) in [4.78, 5) is 80.9. The lowest BCUT2D eigenvalue weighted by Crippen LogP contribution is -2.62. The summed E-state index contributed by atoms with van der Waals surface area (Å²) in [5, 5.41) is 8.60. The number of Topliss-reactive ketones (excluding diaryl/α,β-unsaturated/α-hetero) is 1. The summed E-state index contributed by atoms with van der Waals surface area (Å²) in [7, 11) is 0. The molecular formula is C31H50N6O7. The molecule has 2 saturated carbocycles. The Hall–Kier alpha value is -3.38. The lowest BCUT2D eigenvalue weighted by molar-refractivity contribution is -0.144. The molecule has 6 amide bonds. The Labute approximate surface area is 259 Å². The normalized spacial score (nSPS) is 26.9. The van der Waals surface area contributed by atoms with E-state index in [9.17, 15) is 28.8 Å². The molecule has 4 rings (SSSR count). The number of ketones is 1. The second-order valence-electron chi connectivity index (χ2n) is 15.3. The molecule has 4 fully saturated rings. The van der Waals surface area contributed by atoms with Gasteiger partial charge in [-0.1, -0.05) is 61.3 Å².